The van der Waals surface area contributed by atoms with E-state index in [4.69, 9.17) is 4.74 Å². The highest BCUT2D eigenvalue weighted by atomic mass is 16.6. The van der Waals surface area contributed by atoms with E-state index in [-0.39, 0.29) is 12.5 Å². The largest absolute Gasteiger partial charge is 0.439 e. The molecule has 0 atom stereocenters. The van der Waals surface area contributed by atoms with Gasteiger partial charge in [0.05, 0.1) is 0 Å². The first-order valence-corrected chi connectivity index (χ1v) is 10.6. The average Bonchev–Trinajstić information content (AvgIpc) is 2.79. The molecule has 1 fully saturated rings. The van der Waals surface area contributed by atoms with Gasteiger partial charge in [0.1, 0.15) is 0 Å². The Morgan fingerprint density at radius 3 is 2.33 bits per heavy atom. The second kappa shape index (κ2) is 11.4. The van der Waals surface area contributed by atoms with Crippen molar-refractivity contribution in [3.63, 3.8) is 0 Å². The average molecular weight is 410 g/mol. The summed E-state index contributed by atoms with van der Waals surface area (Å²) in [6, 6.07) is 19.3. The van der Waals surface area contributed by atoms with E-state index in [0.717, 1.165) is 38.9 Å². The van der Waals surface area contributed by atoms with Crippen LogP contribution in [0.25, 0.3) is 11.1 Å². The number of nitrogens with one attached hydrogen (secondary N) is 2. The minimum Gasteiger partial charge on any atom is -0.439 e. The minimum absolute atomic E-state index is 0.243. The van der Waals surface area contributed by atoms with Crippen molar-refractivity contribution in [1.82, 2.24) is 15.5 Å². The Morgan fingerprint density at radius 1 is 1.00 bits per heavy atom. The number of benzene rings is 2. The van der Waals surface area contributed by atoms with Crippen LogP contribution in [0.4, 0.5) is 4.79 Å². The molecule has 2 aromatic carbocycles. The van der Waals surface area contributed by atoms with Crippen molar-refractivity contribution in [2.75, 3.05) is 33.3 Å². The SMILES string of the molecule is CNC(=O)COC(=O)NCCC1CCN(Cc2ccc(-c3ccccc3)cc2)CC1. The molecule has 0 aromatic heterocycles. The number of likely N-dealkylation sites (tertiary alicyclic amines) is 1. The van der Waals surface area contributed by atoms with Crippen LogP contribution in [0.5, 0.6) is 0 Å². The third-order valence-corrected chi connectivity index (χ3v) is 5.61. The van der Waals surface area contributed by atoms with Crippen LogP contribution in [-0.4, -0.2) is 50.2 Å². The second-order valence-corrected chi connectivity index (χ2v) is 7.75. The number of carbonyl (C=O) groups is 2. The molecule has 1 heterocycles. The van der Waals surface area contributed by atoms with Gasteiger partial charge in [0.2, 0.25) is 0 Å². The molecule has 6 nitrogen and oxygen atoms in total. The topological polar surface area (TPSA) is 70.7 Å². The van der Waals surface area contributed by atoms with Crippen molar-refractivity contribution in [2.45, 2.75) is 25.8 Å². The van der Waals surface area contributed by atoms with Crippen molar-refractivity contribution in [3.8, 4) is 11.1 Å². The number of amides is 2. The first kappa shape index (κ1) is 21.8. The fraction of sp³-hybridized carbons (Fsp3) is 0.417. The number of hydrogen-bond acceptors (Lipinski definition) is 4. The number of alkyl carbamates (subject to hydrolysis) is 1. The van der Waals surface area contributed by atoms with Crippen LogP contribution >= 0.6 is 0 Å². The zero-order chi connectivity index (χ0) is 21.2. The monoisotopic (exact) mass is 409 g/mol. The van der Waals surface area contributed by atoms with Gasteiger partial charge < -0.3 is 15.4 Å². The summed E-state index contributed by atoms with van der Waals surface area (Å²) in [5.74, 6) is 0.299. The minimum atomic E-state index is -0.532. The zero-order valence-electron chi connectivity index (χ0n) is 17.6. The van der Waals surface area contributed by atoms with E-state index in [1.165, 1.54) is 23.7 Å². The first-order chi connectivity index (χ1) is 14.6. The predicted molar refractivity (Wildman–Crippen MR) is 118 cm³/mol. The lowest BCUT2D eigenvalue weighted by Crippen LogP contribution is -2.35. The van der Waals surface area contributed by atoms with Gasteiger partial charge in [0.25, 0.3) is 5.91 Å². The third kappa shape index (κ3) is 6.88. The van der Waals surface area contributed by atoms with Gasteiger partial charge in [0, 0.05) is 20.1 Å². The maximum atomic E-state index is 11.6. The fourth-order valence-electron chi connectivity index (χ4n) is 3.76. The van der Waals surface area contributed by atoms with E-state index in [2.05, 4.69) is 64.1 Å². The molecule has 0 radical (unpaired) electrons. The molecule has 0 aliphatic carbocycles. The molecular formula is C24H31N3O3. The number of hydrogen-bond donors (Lipinski definition) is 2. The van der Waals surface area contributed by atoms with Gasteiger partial charge in [-0.2, -0.15) is 0 Å². The molecule has 0 spiro atoms. The lowest BCUT2D eigenvalue weighted by Gasteiger charge is -2.32. The molecule has 0 saturated carbocycles. The molecular weight excluding hydrogens is 378 g/mol. The number of carbonyl (C=O) groups excluding carboxylic acids is 2. The lowest BCUT2D eigenvalue weighted by molar-refractivity contribution is -0.123. The van der Waals surface area contributed by atoms with Crippen LogP contribution in [0.15, 0.2) is 54.6 Å². The van der Waals surface area contributed by atoms with E-state index in [1.807, 2.05) is 6.07 Å². The van der Waals surface area contributed by atoms with E-state index in [9.17, 15) is 9.59 Å². The molecule has 1 saturated heterocycles. The van der Waals surface area contributed by atoms with Crippen molar-refractivity contribution in [1.29, 1.82) is 0 Å². The lowest BCUT2D eigenvalue weighted by atomic mass is 9.93. The summed E-state index contributed by atoms with van der Waals surface area (Å²) in [5.41, 5.74) is 3.84. The summed E-state index contributed by atoms with van der Waals surface area (Å²) in [4.78, 5) is 25.1. The molecule has 2 aromatic rings. The van der Waals surface area contributed by atoms with Gasteiger partial charge in [-0.25, -0.2) is 4.79 Å². The number of rotatable bonds is 8. The van der Waals surface area contributed by atoms with E-state index < -0.39 is 6.09 Å². The first-order valence-electron chi connectivity index (χ1n) is 10.6. The summed E-state index contributed by atoms with van der Waals surface area (Å²) >= 11 is 0. The summed E-state index contributed by atoms with van der Waals surface area (Å²) in [5, 5.41) is 5.14. The number of nitrogens with zero attached hydrogens (tertiary/aromatic N) is 1. The summed E-state index contributed by atoms with van der Waals surface area (Å²) in [6.45, 7) is 3.47. The van der Waals surface area contributed by atoms with Gasteiger partial charge in [-0.3, -0.25) is 9.69 Å². The van der Waals surface area contributed by atoms with E-state index >= 15 is 0 Å². The molecule has 0 unspecified atom stereocenters. The van der Waals surface area contributed by atoms with Crippen molar-refractivity contribution in [2.24, 2.45) is 5.92 Å². The molecule has 30 heavy (non-hydrogen) atoms. The van der Waals surface area contributed by atoms with Crippen LogP contribution < -0.4 is 10.6 Å². The van der Waals surface area contributed by atoms with Crippen LogP contribution in [0.1, 0.15) is 24.8 Å². The Hall–Kier alpha value is -2.86. The Labute approximate surface area is 178 Å². The number of ether oxygens (including phenoxy) is 1. The van der Waals surface area contributed by atoms with E-state index in [1.54, 1.807) is 0 Å². The molecule has 3 rings (SSSR count). The Bertz CT molecular complexity index is 800. The van der Waals surface area contributed by atoms with Crippen LogP contribution in [0.2, 0.25) is 0 Å². The number of likely N-dealkylation sites (N-methyl/N-ethyl adjacent to an activating group) is 1. The Kier molecular flexibility index (Phi) is 8.27. The summed E-state index contributed by atoms with van der Waals surface area (Å²) < 4.78 is 4.83. The highest BCUT2D eigenvalue weighted by molar-refractivity contribution is 5.79. The Balaban J connectivity index is 1.34. The third-order valence-electron chi connectivity index (χ3n) is 5.61. The zero-order valence-corrected chi connectivity index (χ0v) is 17.6. The van der Waals surface area contributed by atoms with Gasteiger partial charge in [-0.1, -0.05) is 54.6 Å². The van der Waals surface area contributed by atoms with Crippen LogP contribution in [0, 0.1) is 5.92 Å². The molecule has 0 bridgehead atoms. The normalized spacial score (nSPS) is 14.8. The molecule has 2 N–H and O–H groups in total. The van der Waals surface area contributed by atoms with Gasteiger partial charge in [-0.15, -0.1) is 0 Å². The van der Waals surface area contributed by atoms with Crippen molar-refractivity contribution < 1.29 is 14.3 Å². The predicted octanol–water partition coefficient (Wildman–Crippen LogP) is 3.43. The van der Waals surface area contributed by atoms with Crippen molar-refractivity contribution >= 4 is 12.0 Å². The highest BCUT2D eigenvalue weighted by Crippen LogP contribution is 2.23. The van der Waals surface area contributed by atoms with Crippen molar-refractivity contribution in [3.05, 3.63) is 60.2 Å². The molecule has 1 aliphatic rings. The van der Waals surface area contributed by atoms with Gasteiger partial charge >= 0.3 is 6.09 Å². The number of piperidine rings is 1. The standard InChI is InChI=1S/C24H31N3O3/c1-25-23(28)18-30-24(29)26-14-11-19-12-15-27(16-13-19)17-20-7-9-22(10-8-20)21-5-3-2-4-6-21/h2-10,19H,11-18H2,1H3,(H,25,28)(H,26,29). The van der Waals surface area contributed by atoms with Crippen LogP contribution in [-0.2, 0) is 16.1 Å². The molecule has 2 amide bonds. The van der Waals surface area contributed by atoms with E-state index in [0.29, 0.717) is 12.5 Å². The Morgan fingerprint density at radius 2 is 1.67 bits per heavy atom. The molecule has 160 valence electrons. The van der Waals surface area contributed by atoms with Crippen LogP contribution in [0.3, 0.4) is 0 Å². The van der Waals surface area contributed by atoms with Gasteiger partial charge in [-0.05, 0) is 55.0 Å². The highest BCUT2D eigenvalue weighted by Gasteiger charge is 2.19. The fourth-order valence-corrected chi connectivity index (χ4v) is 3.76. The summed E-state index contributed by atoms with van der Waals surface area (Å²) in [6.07, 6.45) is 2.68. The molecule has 6 heteroatoms. The smallest absolute Gasteiger partial charge is 0.407 e. The second-order valence-electron chi connectivity index (χ2n) is 7.75. The maximum Gasteiger partial charge on any atom is 0.407 e. The molecule has 1 aliphatic heterocycles. The quantitative estimate of drug-likeness (QED) is 0.701. The van der Waals surface area contributed by atoms with Gasteiger partial charge in [0.15, 0.2) is 6.61 Å². The maximum absolute atomic E-state index is 11.6. The summed E-state index contributed by atoms with van der Waals surface area (Å²) in [7, 11) is 1.51.